The molecule has 0 saturated carbocycles. The Kier molecular flexibility index (Phi) is 4.30. The Morgan fingerprint density at radius 2 is 1.88 bits per heavy atom. The maximum atomic E-state index is 13.4. The van der Waals surface area contributed by atoms with Gasteiger partial charge in [-0.15, -0.1) is 0 Å². The van der Waals surface area contributed by atoms with Crippen LogP contribution < -0.4 is 5.32 Å². The van der Waals surface area contributed by atoms with Gasteiger partial charge in [0.15, 0.2) is 0 Å². The largest absolute Gasteiger partial charge is 0.382 e. The summed E-state index contributed by atoms with van der Waals surface area (Å²) in [6, 6.07) is 2.13. The molecule has 1 aromatic rings. The second kappa shape index (κ2) is 5.13. The molecule has 90 valence electrons. The second-order valence-electron chi connectivity index (χ2n) is 4.98. The zero-order valence-corrected chi connectivity index (χ0v) is 11.3. The Balaban J connectivity index is 2.68. The highest BCUT2D eigenvalue weighted by Gasteiger charge is 2.12. The molecule has 0 aliphatic carbocycles. The van der Waals surface area contributed by atoms with E-state index in [-0.39, 0.29) is 5.41 Å². The van der Waals surface area contributed by atoms with Gasteiger partial charge < -0.3 is 5.32 Å². The van der Waals surface area contributed by atoms with Crippen molar-refractivity contribution in [1.29, 1.82) is 0 Å². The van der Waals surface area contributed by atoms with Crippen LogP contribution in [0.25, 0.3) is 0 Å². The van der Waals surface area contributed by atoms with E-state index in [1.807, 2.05) is 0 Å². The summed E-state index contributed by atoms with van der Waals surface area (Å²) >= 11 is 3.14. The molecule has 0 atom stereocenters. The van der Waals surface area contributed by atoms with Crippen LogP contribution in [-0.2, 0) is 0 Å². The molecule has 0 saturated heterocycles. The van der Waals surface area contributed by atoms with E-state index in [0.29, 0.717) is 16.7 Å². The summed E-state index contributed by atoms with van der Waals surface area (Å²) in [5.74, 6) is -1.15. The average Bonchev–Trinajstić information content (AvgIpc) is 2.07. The molecule has 4 heteroatoms. The standard InChI is InChI=1S/C12H16BrF2N/c1-12(2,3)4-5-16-11-9(13)6-8(14)7-10(11)15/h6-7,16H,4-5H2,1-3H3. The minimum Gasteiger partial charge on any atom is -0.382 e. The van der Waals surface area contributed by atoms with Crippen LogP contribution in [0.2, 0.25) is 0 Å². The fraction of sp³-hybridized carbons (Fsp3) is 0.500. The number of hydrogen-bond acceptors (Lipinski definition) is 1. The van der Waals surface area contributed by atoms with E-state index >= 15 is 0 Å². The lowest BCUT2D eigenvalue weighted by atomic mass is 9.92. The summed E-state index contributed by atoms with van der Waals surface area (Å²) in [7, 11) is 0. The number of nitrogens with one attached hydrogen (secondary N) is 1. The maximum Gasteiger partial charge on any atom is 0.150 e. The van der Waals surface area contributed by atoms with Crippen LogP contribution in [0.4, 0.5) is 14.5 Å². The highest BCUT2D eigenvalue weighted by Crippen LogP contribution is 2.27. The van der Waals surface area contributed by atoms with Crippen molar-refractivity contribution in [3.63, 3.8) is 0 Å². The maximum absolute atomic E-state index is 13.4. The molecule has 1 rings (SSSR count). The molecule has 1 aromatic carbocycles. The Bertz CT molecular complexity index is 349. The summed E-state index contributed by atoms with van der Waals surface area (Å²) in [5, 5.41) is 2.98. The van der Waals surface area contributed by atoms with Gasteiger partial charge in [-0.2, -0.15) is 0 Å². The normalized spacial score (nSPS) is 11.6. The van der Waals surface area contributed by atoms with Gasteiger partial charge in [-0.1, -0.05) is 20.8 Å². The lowest BCUT2D eigenvalue weighted by molar-refractivity contribution is 0.389. The number of benzene rings is 1. The van der Waals surface area contributed by atoms with Crippen molar-refractivity contribution >= 4 is 21.6 Å². The number of halogens is 3. The minimum absolute atomic E-state index is 0.190. The molecule has 16 heavy (non-hydrogen) atoms. The van der Waals surface area contributed by atoms with E-state index in [1.54, 1.807) is 0 Å². The van der Waals surface area contributed by atoms with Crippen LogP contribution in [0.1, 0.15) is 27.2 Å². The fourth-order valence-electron chi connectivity index (χ4n) is 1.27. The van der Waals surface area contributed by atoms with Crippen molar-refractivity contribution in [3.8, 4) is 0 Å². The summed E-state index contributed by atoms with van der Waals surface area (Å²) in [6.45, 7) is 7.00. The van der Waals surface area contributed by atoms with Crippen LogP contribution >= 0.6 is 15.9 Å². The third kappa shape index (κ3) is 4.08. The molecule has 0 heterocycles. The third-order valence-electron chi connectivity index (χ3n) is 2.18. The van der Waals surface area contributed by atoms with Crippen LogP contribution in [0.3, 0.4) is 0 Å². The number of anilines is 1. The van der Waals surface area contributed by atoms with Gasteiger partial charge in [-0.05, 0) is 33.8 Å². The summed E-state index contributed by atoms with van der Waals surface area (Å²) < 4.78 is 26.6. The molecule has 0 radical (unpaired) electrons. The molecule has 1 nitrogen and oxygen atoms in total. The van der Waals surface area contributed by atoms with Crippen LogP contribution in [-0.4, -0.2) is 6.54 Å². The highest BCUT2D eigenvalue weighted by atomic mass is 79.9. The van der Waals surface area contributed by atoms with E-state index < -0.39 is 11.6 Å². The molecule has 0 aliphatic rings. The van der Waals surface area contributed by atoms with Gasteiger partial charge in [0.25, 0.3) is 0 Å². The van der Waals surface area contributed by atoms with Crippen molar-refractivity contribution < 1.29 is 8.78 Å². The molecule has 0 bridgehead atoms. The monoisotopic (exact) mass is 291 g/mol. The molecule has 0 fully saturated rings. The van der Waals surface area contributed by atoms with Crippen molar-refractivity contribution in [3.05, 3.63) is 28.2 Å². The predicted molar refractivity (Wildman–Crippen MR) is 66.6 cm³/mol. The van der Waals surface area contributed by atoms with Gasteiger partial charge in [-0.3, -0.25) is 0 Å². The second-order valence-corrected chi connectivity index (χ2v) is 5.84. The first kappa shape index (κ1) is 13.4. The molecular weight excluding hydrogens is 276 g/mol. The van der Waals surface area contributed by atoms with E-state index in [4.69, 9.17) is 0 Å². The predicted octanol–water partition coefficient (Wildman–Crippen LogP) is 4.58. The van der Waals surface area contributed by atoms with Gasteiger partial charge in [-0.25, -0.2) is 8.78 Å². The van der Waals surface area contributed by atoms with Crippen molar-refractivity contribution in [2.24, 2.45) is 5.41 Å². The smallest absolute Gasteiger partial charge is 0.150 e. The summed E-state index contributed by atoms with van der Waals surface area (Å²) in [4.78, 5) is 0. The van der Waals surface area contributed by atoms with Gasteiger partial charge in [0.1, 0.15) is 11.6 Å². The van der Waals surface area contributed by atoms with Gasteiger partial charge in [0.2, 0.25) is 0 Å². The van der Waals surface area contributed by atoms with E-state index in [0.717, 1.165) is 12.5 Å². The molecule has 1 N–H and O–H groups in total. The lowest BCUT2D eigenvalue weighted by Crippen LogP contribution is -2.13. The quantitative estimate of drug-likeness (QED) is 0.860. The Hall–Kier alpha value is -0.640. The number of hydrogen-bond donors (Lipinski definition) is 1. The first-order chi connectivity index (χ1) is 7.29. The highest BCUT2D eigenvalue weighted by molar-refractivity contribution is 9.10. The molecule has 0 spiro atoms. The summed E-state index contributed by atoms with van der Waals surface area (Å²) in [5.41, 5.74) is 0.515. The molecule has 0 amide bonds. The Morgan fingerprint density at radius 3 is 2.38 bits per heavy atom. The van der Waals surface area contributed by atoms with Gasteiger partial charge >= 0.3 is 0 Å². The zero-order valence-electron chi connectivity index (χ0n) is 9.70. The fourth-order valence-corrected chi connectivity index (χ4v) is 1.82. The Morgan fingerprint density at radius 1 is 1.25 bits per heavy atom. The lowest BCUT2D eigenvalue weighted by Gasteiger charge is -2.19. The topological polar surface area (TPSA) is 12.0 Å². The van der Waals surface area contributed by atoms with Crippen LogP contribution in [0, 0.1) is 17.0 Å². The average molecular weight is 292 g/mol. The van der Waals surface area contributed by atoms with Crippen LogP contribution in [0.15, 0.2) is 16.6 Å². The molecular formula is C12H16BrF2N. The number of rotatable bonds is 3. The summed E-state index contributed by atoms with van der Waals surface area (Å²) in [6.07, 6.45) is 0.913. The van der Waals surface area contributed by atoms with Gasteiger partial charge in [0.05, 0.1) is 5.69 Å². The first-order valence-corrected chi connectivity index (χ1v) is 5.97. The first-order valence-electron chi connectivity index (χ1n) is 5.18. The van der Waals surface area contributed by atoms with E-state index in [1.165, 1.54) is 6.07 Å². The zero-order chi connectivity index (χ0) is 12.3. The Labute approximate surface area is 103 Å². The van der Waals surface area contributed by atoms with Crippen molar-refractivity contribution in [1.82, 2.24) is 0 Å². The van der Waals surface area contributed by atoms with Gasteiger partial charge in [0, 0.05) is 17.1 Å². The van der Waals surface area contributed by atoms with Crippen molar-refractivity contribution in [2.75, 3.05) is 11.9 Å². The minimum atomic E-state index is -0.578. The van der Waals surface area contributed by atoms with Crippen molar-refractivity contribution in [2.45, 2.75) is 27.2 Å². The molecule has 0 aliphatic heterocycles. The van der Waals surface area contributed by atoms with Crippen LogP contribution in [0.5, 0.6) is 0 Å². The van der Waals surface area contributed by atoms with E-state index in [9.17, 15) is 8.78 Å². The molecule has 0 unspecified atom stereocenters. The van der Waals surface area contributed by atoms with E-state index in [2.05, 4.69) is 42.0 Å². The SMILES string of the molecule is CC(C)(C)CCNc1c(F)cc(F)cc1Br. The molecule has 0 aromatic heterocycles. The third-order valence-corrected chi connectivity index (χ3v) is 2.81.